The fourth-order valence-electron chi connectivity index (χ4n) is 2.79. The molecule has 21 heavy (non-hydrogen) atoms. The maximum atomic E-state index is 5.94. The summed E-state index contributed by atoms with van der Waals surface area (Å²) >= 11 is 0. The minimum absolute atomic E-state index is 0.629. The van der Waals surface area contributed by atoms with Crippen molar-refractivity contribution < 1.29 is 4.74 Å². The summed E-state index contributed by atoms with van der Waals surface area (Å²) in [6, 6.07) is 5.89. The van der Waals surface area contributed by atoms with Gasteiger partial charge in [0.15, 0.2) is 0 Å². The molecule has 3 N–H and O–H groups in total. The molecule has 1 saturated heterocycles. The normalized spacial score (nSPS) is 16.9. The van der Waals surface area contributed by atoms with Crippen molar-refractivity contribution in [2.24, 2.45) is 5.92 Å². The third-order valence-corrected chi connectivity index (χ3v) is 3.82. The number of rotatable bonds is 8. The molecule has 1 atom stereocenters. The monoisotopic (exact) mass is 291 g/mol. The zero-order valence-corrected chi connectivity index (χ0v) is 13.4. The highest BCUT2D eigenvalue weighted by atomic mass is 16.5. The van der Waals surface area contributed by atoms with Crippen molar-refractivity contribution >= 4 is 11.4 Å². The van der Waals surface area contributed by atoms with Crippen molar-refractivity contribution in [2.45, 2.75) is 33.1 Å². The average Bonchev–Trinajstić information content (AvgIpc) is 2.95. The van der Waals surface area contributed by atoms with Gasteiger partial charge in [-0.3, -0.25) is 0 Å². The summed E-state index contributed by atoms with van der Waals surface area (Å²) in [5.74, 6) is 1.48. The Morgan fingerprint density at radius 3 is 2.76 bits per heavy atom. The van der Waals surface area contributed by atoms with Gasteiger partial charge in [0, 0.05) is 36.6 Å². The topological polar surface area (TPSA) is 50.5 Å². The SMILES string of the molecule is CCCOc1cc(N)cc(NCC(C)CN2CCCC2)c1. The highest BCUT2D eigenvalue weighted by Gasteiger charge is 2.14. The Labute approximate surface area is 128 Å². The fourth-order valence-corrected chi connectivity index (χ4v) is 2.79. The molecular weight excluding hydrogens is 262 g/mol. The number of ether oxygens (including phenoxy) is 1. The van der Waals surface area contributed by atoms with Gasteiger partial charge in [0.1, 0.15) is 5.75 Å². The summed E-state index contributed by atoms with van der Waals surface area (Å²) < 4.78 is 5.66. The molecule has 0 amide bonds. The lowest BCUT2D eigenvalue weighted by Crippen LogP contribution is -2.28. The van der Waals surface area contributed by atoms with Crippen molar-refractivity contribution in [1.29, 1.82) is 0 Å². The van der Waals surface area contributed by atoms with E-state index in [-0.39, 0.29) is 0 Å². The van der Waals surface area contributed by atoms with Gasteiger partial charge in [-0.25, -0.2) is 0 Å². The summed E-state index contributed by atoms with van der Waals surface area (Å²) in [5.41, 5.74) is 7.74. The maximum absolute atomic E-state index is 5.94. The second kappa shape index (κ2) is 8.13. The smallest absolute Gasteiger partial charge is 0.123 e. The first-order valence-electron chi connectivity index (χ1n) is 8.17. The molecule has 0 saturated carbocycles. The molecule has 1 aliphatic heterocycles. The van der Waals surface area contributed by atoms with Crippen LogP contribution in [0.2, 0.25) is 0 Å². The lowest BCUT2D eigenvalue weighted by molar-refractivity contribution is 0.294. The number of hydrogen-bond acceptors (Lipinski definition) is 4. The molecule has 1 aliphatic rings. The second-order valence-corrected chi connectivity index (χ2v) is 6.13. The van der Waals surface area contributed by atoms with E-state index in [1.807, 2.05) is 18.2 Å². The zero-order valence-electron chi connectivity index (χ0n) is 13.4. The van der Waals surface area contributed by atoms with E-state index < -0.39 is 0 Å². The standard InChI is InChI=1S/C17H29N3O/c1-3-8-21-17-10-15(18)9-16(11-17)19-12-14(2)13-20-6-4-5-7-20/h9-11,14,19H,3-8,12-13,18H2,1-2H3. The molecule has 2 rings (SSSR count). The number of likely N-dealkylation sites (tertiary alicyclic amines) is 1. The molecule has 0 spiro atoms. The predicted molar refractivity (Wildman–Crippen MR) is 90.0 cm³/mol. The second-order valence-electron chi connectivity index (χ2n) is 6.13. The number of hydrogen-bond donors (Lipinski definition) is 2. The van der Waals surface area contributed by atoms with Crippen LogP contribution in [0, 0.1) is 5.92 Å². The van der Waals surface area contributed by atoms with Crippen LogP contribution >= 0.6 is 0 Å². The van der Waals surface area contributed by atoms with Crippen LogP contribution < -0.4 is 15.8 Å². The van der Waals surface area contributed by atoms with Crippen LogP contribution in [0.25, 0.3) is 0 Å². The van der Waals surface area contributed by atoms with Crippen LogP contribution in [-0.2, 0) is 0 Å². The third kappa shape index (κ3) is 5.46. The fraction of sp³-hybridized carbons (Fsp3) is 0.647. The van der Waals surface area contributed by atoms with Gasteiger partial charge in [0.05, 0.1) is 6.61 Å². The molecule has 1 unspecified atom stereocenters. The van der Waals surface area contributed by atoms with E-state index in [1.54, 1.807) is 0 Å². The van der Waals surface area contributed by atoms with Crippen LogP contribution in [0.5, 0.6) is 5.75 Å². The molecule has 0 radical (unpaired) electrons. The molecule has 4 heteroatoms. The summed E-state index contributed by atoms with van der Waals surface area (Å²) in [7, 11) is 0. The van der Waals surface area contributed by atoms with Crippen molar-refractivity contribution in [3.05, 3.63) is 18.2 Å². The Kier molecular flexibility index (Phi) is 6.18. The zero-order chi connectivity index (χ0) is 15.1. The minimum Gasteiger partial charge on any atom is -0.493 e. The third-order valence-electron chi connectivity index (χ3n) is 3.82. The molecule has 0 aliphatic carbocycles. The number of anilines is 2. The van der Waals surface area contributed by atoms with E-state index >= 15 is 0 Å². The number of nitrogen functional groups attached to an aromatic ring is 1. The predicted octanol–water partition coefficient (Wildman–Crippen LogP) is 3.20. The first-order valence-corrected chi connectivity index (χ1v) is 8.17. The Bertz CT molecular complexity index is 430. The van der Waals surface area contributed by atoms with E-state index in [0.717, 1.165) is 36.7 Å². The minimum atomic E-state index is 0.629. The van der Waals surface area contributed by atoms with Crippen molar-refractivity contribution in [2.75, 3.05) is 43.8 Å². The number of benzene rings is 1. The van der Waals surface area contributed by atoms with Crippen LogP contribution in [0.15, 0.2) is 18.2 Å². The molecule has 1 heterocycles. The summed E-state index contributed by atoms with van der Waals surface area (Å²) in [4.78, 5) is 2.56. The maximum Gasteiger partial charge on any atom is 0.123 e. The lowest BCUT2D eigenvalue weighted by atomic mass is 10.1. The number of nitrogens with one attached hydrogen (secondary N) is 1. The summed E-state index contributed by atoms with van der Waals surface area (Å²) in [6.45, 7) is 9.79. The highest BCUT2D eigenvalue weighted by molar-refractivity contribution is 5.59. The van der Waals surface area contributed by atoms with Gasteiger partial charge in [-0.15, -0.1) is 0 Å². The van der Waals surface area contributed by atoms with Crippen LogP contribution in [0.3, 0.4) is 0 Å². The molecule has 1 aromatic carbocycles. The van der Waals surface area contributed by atoms with E-state index in [2.05, 4.69) is 24.1 Å². The molecule has 1 aromatic rings. The molecule has 0 aromatic heterocycles. The van der Waals surface area contributed by atoms with E-state index in [1.165, 1.54) is 32.5 Å². The lowest BCUT2D eigenvalue weighted by Gasteiger charge is -2.21. The number of nitrogens with zero attached hydrogens (tertiary/aromatic N) is 1. The van der Waals surface area contributed by atoms with Gasteiger partial charge >= 0.3 is 0 Å². The van der Waals surface area contributed by atoms with Gasteiger partial charge in [-0.2, -0.15) is 0 Å². The summed E-state index contributed by atoms with van der Waals surface area (Å²) in [5, 5.41) is 3.49. The van der Waals surface area contributed by atoms with Gasteiger partial charge < -0.3 is 20.7 Å². The molecular formula is C17H29N3O. The van der Waals surface area contributed by atoms with Crippen molar-refractivity contribution in [1.82, 2.24) is 4.90 Å². The Balaban J connectivity index is 1.82. The van der Waals surface area contributed by atoms with Crippen LogP contribution in [0.4, 0.5) is 11.4 Å². The summed E-state index contributed by atoms with van der Waals surface area (Å²) in [6.07, 6.45) is 3.71. The molecule has 118 valence electrons. The first-order chi connectivity index (χ1) is 10.2. The highest BCUT2D eigenvalue weighted by Crippen LogP contribution is 2.23. The van der Waals surface area contributed by atoms with Gasteiger partial charge in [0.25, 0.3) is 0 Å². The van der Waals surface area contributed by atoms with E-state index in [9.17, 15) is 0 Å². The molecule has 0 bridgehead atoms. The van der Waals surface area contributed by atoms with Gasteiger partial charge in [0.2, 0.25) is 0 Å². The largest absolute Gasteiger partial charge is 0.493 e. The van der Waals surface area contributed by atoms with E-state index in [4.69, 9.17) is 10.5 Å². The number of nitrogens with two attached hydrogens (primary N) is 1. The first kappa shape index (κ1) is 16.0. The van der Waals surface area contributed by atoms with Gasteiger partial charge in [-0.05, 0) is 44.3 Å². The van der Waals surface area contributed by atoms with E-state index in [0.29, 0.717) is 5.92 Å². The van der Waals surface area contributed by atoms with Gasteiger partial charge in [-0.1, -0.05) is 13.8 Å². The molecule has 4 nitrogen and oxygen atoms in total. The quantitative estimate of drug-likeness (QED) is 0.722. The Morgan fingerprint density at radius 2 is 2.05 bits per heavy atom. The van der Waals surface area contributed by atoms with Crippen molar-refractivity contribution in [3.63, 3.8) is 0 Å². The van der Waals surface area contributed by atoms with Crippen molar-refractivity contribution in [3.8, 4) is 5.75 Å². The van der Waals surface area contributed by atoms with Crippen LogP contribution in [0.1, 0.15) is 33.1 Å². The van der Waals surface area contributed by atoms with Crippen LogP contribution in [-0.4, -0.2) is 37.7 Å². The Morgan fingerprint density at radius 1 is 1.29 bits per heavy atom. The Hall–Kier alpha value is -1.42. The molecule has 1 fully saturated rings. The average molecular weight is 291 g/mol.